The second-order valence-corrected chi connectivity index (χ2v) is 8.96. The molecule has 0 unspecified atom stereocenters. The summed E-state index contributed by atoms with van der Waals surface area (Å²) in [4.78, 5) is 41.7. The number of rotatable bonds is 8. The Morgan fingerprint density at radius 1 is 1.09 bits per heavy atom. The Hall–Kier alpha value is -3.85. The SMILES string of the molecule is CN(CC(=O)NCC1(c2ccccc2)CCOCC1)c1c(N)n(Cc2ccccc2)c(=O)[nH]c1=O. The Bertz CT molecular complexity index is 1260. The van der Waals surface area contributed by atoms with Crippen molar-refractivity contribution in [2.75, 3.05) is 44.0 Å². The Kier molecular flexibility index (Phi) is 7.36. The number of benzene rings is 2. The molecular weight excluding hydrogens is 446 g/mol. The third-order valence-corrected chi connectivity index (χ3v) is 6.62. The highest BCUT2D eigenvalue weighted by molar-refractivity contribution is 5.82. The molecule has 4 rings (SSSR count). The normalized spacial score (nSPS) is 14.9. The first-order valence-corrected chi connectivity index (χ1v) is 11.7. The summed E-state index contributed by atoms with van der Waals surface area (Å²) in [5, 5.41) is 3.04. The van der Waals surface area contributed by atoms with E-state index in [1.54, 1.807) is 7.05 Å². The summed E-state index contributed by atoms with van der Waals surface area (Å²) in [6.45, 7) is 1.86. The number of hydrogen-bond acceptors (Lipinski definition) is 6. The molecule has 1 amide bonds. The summed E-state index contributed by atoms with van der Waals surface area (Å²) >= 11 is 0. The van der Waals surface area contributed by atoms with Crippen LogP contribution in [0.4, 0.5) is 11.5 Å². The van der Waals surface area contributed by atoms with E-state index in [9.17, 15) is 14.4 Å². The minimum absolute atomic E-state index is 0.0167. The van der Waals surface area contributed by atoms with Crippen LogP contribution in [0.1, 0.15) is 24.0 Å². The number of anilines is 2. The molecule has 0 atom stereocenters. The van der Waals surface area contributed by atoms with Crippen LogP contribution in [0.5, 0.6) is 0 Å². The van der Waals surface area contributed by atoms with Crippen molar-refractivity contribution in [3.63, 3.8) is 0 Å². The molecule has 35 heavy (non-hydrogen) atoms. The molecule has 1 fully saturated rings. The summed E-state index contributed by atoms with van der Waals surface area (Å²) in [5.74, 6) is -0.225. The third-order valence-electron chi connectivity index (χ3n) is 6.62. The predicted molar refractivity (Wildman–Crippen MR) is 136 cm³/mol. The molecule has 0 saturated carbocycles. The van der Waals surface area contributed by atoms with Gasteiger partial charge < -0.3 is 20.7 Å². The van der Waals surface area contributed by atoms with Crippen LogP contribution in [0.2, 0.25) is 0 Å². The number of likely N-dealkylation sites (N-methyl/N-ethyl adjacent to an activating group) is 1. The number of nitrogen functional groups attached to an aromatic ring is 1. The quantitative estimate of drug-likeness (QED) is 0.452. The lowest BCUT2D eigenvalue weighted by Gasteiger charge is -2.38. The van der Waals surface area contributed by atoms with Crippen molar-refractivity contribution in [3.8, 4) is 0 Å². The maximum absolute atomic E-state index is 12.9. The van der Waals surface area contributed by atoms with Crippen LogP contribution in [0, 0.1) is 0 Å². The van der Waals surface area contributed by atoms with Gasteiger partial charge in [0.05, 0.1) is 13.1 Å². The van der Waals surface area contributed by atoms with E-state index in [1.165, 1.54) is 15.0 Å². The maximum Gasteiger partial charge on any atom is 0.330 e. The van der Waals surface area contributed by atoms with Crippen molar-refractivity contribution < 1.29 is 9.53 Å². The van der Waals surface area contributed by atoms with Gasteiger partial charge >= 0.3 is 5.69 Å². The highest BCUT2D eigenvalue weighted by atomic mass is 16.5. The minimum Gasteiger partial charge on any atom is -0.383 e. The van der Waals surface area contributed by atoms with E-state index in [4.69, 9.17) is 10.5 Å². The highest BCUT2D eigenvalue weighted by Gasteiger charge is 2.34. The molecule has 1 saturated heterocycles. The van der Waals surface area contributed by atoms with E-state index in [2.05, 4.69) is 22.4 Å². The first kappa shape index (κ1) is 24.3. The fraction of sp³-hybridized carbons (Fsp3) is 0.346. The van der Waals surface area contributed by atoms with Crippen LogP contribution in [-0.2, 0) is 21.5 Å². The summed E-state index contributed by atoms with van der Waals surface area (Å²) in [5.41, 5.74) is 6.95. The summed E-state index contributed by atoms with van der Waals surface area (Å²) in [6.07, 6.45) is 1.62. The zero-order valence-electron chi connectivity index (χ0n) is 19.8. The van der Waals surface area contributed by atoms with Crippen molar-refractivity contribution in [2.24, 2.45) is 0 Å². The van der Waals surface area contributed by atoms with Gasteiger partial charge in [-0.25, -0.2) is 4.79 Å². The third kappa shape index (κ3) is 5.46. The van der Waals surface area contributed by atoms with Gasteiger partial charge in [-0.05, 0) is 24.0 Å². The van der Waals surface area contributed by atoms with Gasteiger partial charge in [-0.3, -0.25) is 19.1 Å². The molecule has 0 bridgehead atoms. The summed E-state index contributed by atoms with van der Waals surface area (Å²) < 4.78 is 6.86. The Labute approximate surface area is 203 Å². The molecule has 1 aliphatic rings. The van der Waals surface area contributed by atoms with Crippen molar-refractivity contribution in [2.45, 2.75) is 24.8 Å². The van der Waals surface area contributed by atoms with Crippen LogP contribution < -0.4 is 27.2 Å². The van der Waals surface area contributed by atoms with Crippen molar-refractivity contribution >= 4 is 17.4 Å². The highest BCUT2D eigenvalue weighted by Crippen LogP contribution is 2.34. The lowest BCUT2D eigenvalue weighted by molar-refractivity contribution is -0.120. The molecule has 2 aromatic carbocycles. The zero-order chi connectivity index (χ0) is 24.8. The average molecular weight is 478 g/mol. The Morgan fingerprint density at radius 3 is 2.37 bits per heavy atom. The number of carbonyl (C=O) groups excluding carboxylic acids is 1. The van der Waals surface area contributed by atoms with Crippen molar-refractivity contribution in [3.05, 3.63) is 92.6 Å². The second-order valence-electron chi connectivity index (χ2n) is 8.96. The topological polar surface area (TPSA) is 122 Å². The number of carbonyl (C=O) groups is 1. The largest absolute Gasteiger partial charge is 0.383 e. The monoisotopic (exact) mass is 477 g/mol. The van der Waals surface area contributed by atoms with E-state index in [1.807, 2.05) is 48.5 Å². The van der Waals surface area contributed by atoms with E-state index in [0.717, 1.165) is 18.4 Å². The molecule has 1 aromatic heterocycles. The molecule has 4 N–H and O–H groups in total. The fourth-order valence-corrected chi connectivity index (χ4v) is 4.61. The van der Waals surface area contributed by atoms with Gasteiger partial charge in [0, 0.05) is 32.2 Å². The average Bonchev–Trinajstić information content (AvgIpc) is 2.87. The molecule has 0 spiro atoms. The van der Waals surface area contributed by atoms with Crippen LogP contribution in [0.25, 0.3) is 0 Å². The number of hydrogen-bond donors (Lipinski definition) is 3. The standard InChI is InChI=1S/C26H31N5O4/c1-30(22-23(27)31(25(34)29-24(22)33)16-19-8-4-2-5-9-19)17-21(32)28-18-26(12-14-35-15-13-26)20-10-6-3-7-11-20/h2-11H,12-18,27H2,1H3,(H,28,32)(H,29,33,34). The van der Waals surface area contributed by atoms with Crippen LogP contribution in [0.3, 0.4) is 0 Å². The molecule has 9 heteroatoms. The van der Waals surface area contributed by atoms with E-state index in [0.29, 0.717) is 19.8 Å². The summed E-state index contributed by atoms with van der Waals surface area (Å²) in [6, 6.07) is 19.5. The number of H-pyrrole nitrogens is 1. The van der Waals surface area contributed by atoms with Gasteiger partial charge in [-0.15, -0.1) is 0 Å². The molecule has 3 aromatic rings. The molecule has 1 aliphatic heterocycles. The lowest BCUT2D eigenvalue weighted by atomic mass is 9.74. The predicted octanol–water partition coefficient (Wildman–Crippen LogP) is 1.47. The first-order valence-electron chi connectivity index (χ1n) is 11.7. The van der Waals surface area contributed by atoms with E-state index in [-0.39, 0.29) is 35.9 Å². The summed E-state index contributed by atoms with van der Waals surface area (Å²) in [7, 11) is 1.61. The molecule has 0 aliphatic carbocycles. The van der Waals surface area contributed by atoms with Crippen LogP contribution in [-0.4, -0.2) is 48.8 Å². The number of nitrogens with one attached hydrogen (secondary N) is 2. The number of nitrogens with zero attached hydrogens (tertiary/aromatic N) is 2. The van der Waals surface area contributed by atoms with Gasteiger partial charge in [0.2, 0.25) is 5.91 Å². The Morgan fingerprint density at radius 2 is 1.71 bits per heavy atom. The molecule has 9 nitrogen and oxygen atoms in total. The number of ether oxygens (including phenoxy) is 1. The number of aromatic nitrogens is 2. The van der Waals surface area contributed by atoms with Crippen molar-refractivity contribution in [1.29, 1.82) is 0 Å². The van der Waals surface area contributed by atoms with Crippen LogP contribution in [0.15, 0.2) is 70.3 Å². The minimum atomic E-state index is -0.628. The molecule has 184 valence electrons. The number of nitrogens with two attached hydrogens (primary N) is 1. The van der Waals surface area contributed by atoms with E-state index < -0.39 is 11.2 Å². The van der Waals surface area contributed by atoms with Gasteiger partial charge in [0.25, 0.3) is 5.56 Å². The molecule has 2 heterocycles. The zero-order valence-corrected chi connectivity index (χ0v) is 19.8. The Balaban J connectivity index is 1.49. The number of amides is 1. The van der Waals surface area contributed by atoms with Gasteiger partial charge in [0.15, 0.2) is 0 Å². The van der Waals surface area contributed by atoms with E-state index >= 15 is 0 Å². The van der Waals surface area contributed by atoms with Gasteiger partial charge in [-0.2, -0.15) is 0 Å². The molecular formula is C26H31N5O4. The second kappa shape index (κ2) is 10.6. The fourth-order valence-electron chi connectivity index (χ4n) is 4.61. The number of aromatic amines is 1. The van der Waals surface area contributed by atoms with Crippen LogP contribution >= 0.6 is 0 Å². The molecule has 0 radical (unpaired) electrons. The lowest BCUT2D eigenvalue weighted by Crippen LogP contribution is -2.47. The van der Waals surface area contributed by atoms with Gasteiger partial charge in [0.1, 0.15) is 11.5 Å². The van der Waals surface area contributed by atoms with Gasteiger partial charge in [-0.1, -0.05) is 60.7 Å². The first-order chi connectivity index (χ1) is 16.9. The maximum atomic E-state index is 12.9. The van der Waals surface area contributed by atoms with Crippen molar-refractivity contribution in [1.82, 2.24) is 14.9 Å². The smallest absolute Gasteiger partial charge is 0.330 e.